The van der Waals surface area contributed by atoms with Gasteiger partial charge in [0.05, 0.1) is 5.56 Å². The molecule has 0 bridgehead atoms. The lowest BCUT2D eigenvalue weighted by Crippen LogP contribution is -2.18. The van der Waals surface area contributed by atoms with Crippen LogP contribution in [0.4, 0.5) is 0 Å². The van der Waals surface area contributed by atoms with Crippen molar-refractivity contribution in [2.75, 3.05) is 13.1 Å². The molecule has 144 valence electrons. The molecule has 2 aromatic carbocycles. The van der Waals surface area contributed by atoms with Gasteiger partial charge in [0.2, 0.25) is 11.8 Å². The van der Waals surface area contributed by atoms with E-state index < -0.39 is 5.91 Å². The number of aromatic nitrogens is 1. The predicted octanol–water partition coefficient (Wildman–Crippen LogP) is 3.74. The van der Waals surface area contributed by atoms with Crippen molar-refractivity contribution in [1.29, 1.82) is 0 Å². The summed E-state index contributed by atoms with van der Waals surface area (Å²) < 4.78 is 5.69. The molecule has 1 heterocycles. The van der Waals surface area contributed by atoms with Gasteiger partial charge in [-0.15, -0.1) is 0 Å². The quantitative estimate of drug-likeness (QED) is 0.529. The topological polar surface area (TPSA) is 77.2 Å². The highest BCUT2D eigenvalue weighted by Crippen LogP contribution is 2.20. The molecule has 0 aliphatic heterocycles. The third-order valence-corrected chi connectivity index (χ3v) is 4.42. The molecule has 0 aliphatic carbocycles. The zero-order valence-corrected chi connectivity index (χ0v) is 15.8. The van der Waals surface area contributed by atoms with Crippen molar-refractivity contribution < 1.29 is 9.53 Å². The molecule has 5 heteroatoms. The number of carbonyl (C=O) groups excluding carboxylic acids is 1. The molecular formula is C23H25N3O2. The van der Waals surface area contributed by atoms with Crippen LogP contribution in [0.3, 0.4) is 0 Å². The number of amides is 1. The number of pyridine rings is 1. The molecule has 0 radical (unpaired) electrons. The first-order valence-electron chi connectivity index (χ1n) is 9.48. The molecule has 0 atom stereocenters. The van der Waals surface area contributed by atoms with E-state index in [-0.39, 0.29) is 0 Å². The molecule has 5 nitrogen and oxygen atoms in total. The lowest BCUT2D eigenvalue weighted by atomic mass is 10.1. The molecular weight excluding hydrogens is 350 g/mol. The molecule has 3 rings (SSSR count). The average molecular weight is 375 g/mol. The van der Waals surface area contributed by atoms with Crippen molar-refractivity contribution in [2.24, 2.45) is 5.73 Å². The summed E-state index contributed by atoms with van der Waals surface area (Å²) in [6.07, 6.45) is 4.58. The van der Waals surface area contributed by atoms with Crippen molar-refractivity contribution in [1.82, 2.24) is 10.3 Å². The van der Waals surface area contributed by atoms with Gasteiger partial charge in [-0.3, -0.25) is 4.79 Å². The fourth-order valence-corrected chi connectivity index (χ4v) is 2.85. The van der Waals surface area contributed by atoms with Gasteiger partial charge < -0.3 is 15.8 Å². The lowest BCUT2D eigenvalue weighted by molar-refractivity contribution is 0.1000. The van der Waals surface area contributed by atoms with Crippen molar-refractivity contribution in [3.05, 3.63) is 89.6 Å². The van der Waals surface area contributed by atoms with Gasteiger partial charge in [0.15, 0.2) is 0 Å². The Kier molecular flexibility index (Phi) is 7.15. The molecule has 0 unspecified atom stereocenters. The number of nitrogens with one attached hydrogen (secondary N) is 1. The van der Waals surface area contributed by atoms with Crippen molar-refractivity contribution in [2.45, 2.75) is 19.3 Å². The van der Waals surface area contributed by atoms with E-state index in [1.165, 1.54) is 17.3 Å². The van der Waals surface area contributed by atoms with Crippen molar-refractivity contribution >= 4 is 5.91 Å². The zero-order chi connectivity index (χ0) is 19.6. The maximum absolute atomic E-state index is 11.1. The summed E-state index contributed by atoms with van der Waals surface area (Å²) in [5, 5.41) is 3.49. The third kappa shape index (κ3) is 6.21. The molecule has 3 N–H and O–H groups in total. The molecule has 0 spiro atoms. The number of aryl methyl sites for hydroxylation is 1. The van der Waals surface area contributed by atoms with E-state index in [2.05, 4.69) is 46.7 Å². The first kappa shape index (κ1) is 19.6. The number of nitrogens with zero attached hydrogens (tertiary/aromatic N) is 1. The van der Waals surface area contributed by atoms with E-state index in [1.54, 1.807) is 12.1 Å². The summed E-state index contributed by atoms with van der Waals surface area (Å²) in [6.45, 7) is 2.00. The van der Waals surface area contributed by atoms with Gasteiger partial charge in [-0.2, -0.15) is 0 Å². The average Bonchev–Trinajstić information content (AvgIpc) is 2.73. The van der Waals surface area contributed by atoms with Crippen LogP contribution in [-0.2, 0) is 12.8 Å². The number of benzene rings is 2. The van der Waals surface area contributed by atoms with Crippen molar-refractivity contribution in [3.63, 3.8) is 0 Å². The first-order valence-corrected chi connectivity index (χ1v) is 9.48. The fraction of sp³-hybridized carbons (Fsp3) is 0.217. The SMILES string of the molecule is NC(=O)c1ccc(Oc2ccc(CCCNCCc3ccccc3)cc2)nc1. The molecule has 3 aromatic rings. The van der Waals surface area contributed by atoms with Crippen LogP contribution < -0.4 is 15.8 Å². The largest absolute Gasteiger partial charge is 0.439 e. The first-order chi connectivity index (χ1) is 13.7. The number of hydrogen-bond acceptors (Lipinski definition) is 4. The van der Waals surface area contributed by atoms with E-state index in [1.807, 2.05) is 18.2 Å². The van der Waals surface area contributed by atoms with Crippen molar-refractivity contribution in [3.8, 4) is 11.6 Å². The molecule has 0 saturated carbocycles. The van der Waals surface area contributed by atoms with Crippen LogP contribution >= 0.6 is 0 Å². The van der Waals surface area contributed by atoms with E-state index in [0.29, 0.717) is 17.2 Å². The van der Waals surface area contributed by atoms with Crippen LogP contribution in [0, 0.1) is 0 Å². The second-order valence-electron chi connectivity index (χ2n) is 6.58. The Bertz CT molecular complexity index is 863. The number of rotatable bonds is 10. The molecule has 28 heavy (non-hydrogen) atoms. The molecule has 0 aliphatic rings. The number of carbonyl (C=O) groups is 1. The normalized spacial score (nSPS) is 10.6. The number of primary amides is 1. The van der Waals surface area contributed by atoms with Crippen LogP contribution in [0.1, 0.15) is 27.9 Å². The van der Waals surface area contributed by atoms with E-state index >= 15 is 0 Å². The van der Waals surface area contributed by atoms with Crippen LogP contribution in [0.25, 0.3) is 0 Å². The lowest BCUT2D eigenvalue weighted by Gasteiger charge is -2.07. The van der Waals surface area contributed by atoms with Crippen LogP contribution in [-0.4, -0.2) is 24.0 Å². The minimum atomic E-state index is -0.502. The minimum absolute atomic E-state index is 0.361. The second kappa shape index (κ2) is 10.2. The summed E-state index contributed by atoms with van der Waals surface area (Å²) in [6, 6.07) is 21.8. The highest BCUT2D eigenvalue weighted by atomic mass is 16.5. The van der Waals surface area contributed by atoms with E-state index in [4.69, 9.17) is 10.5 Å². The maximum Gasteiger partial charge on any atom is 0.250 e. The summed E-state index contributed by atoms with van der Waals surface area (Å²) in [4.78, 5) is 15.1. The molecule has 0 fully saturated rings. The summed E-state index contributed by atoms with van der Waals surface area (Å²) in [5.74, 6) is 0.641. The Morgan fingerprint density at radius 3 is 2.32 bits per heavy atom. The van der Waals surface area contributed by atoms with Crippen LogP contribution in [0.2, 0.25) is 0 Å². The Morgan fingerprint density at radius 2 is 1.64 bits per heavy atom. The third-order valence-electron chi connectivity index (χ3n) is 4.42. The summed E-state index contributed by atoms with van der Waals surface area (Å²) in [7, 11) is 0. The second-order valence-corrected chi connectivity index (χ2v) is 6.58. The minimum Gasteiger partial charge on any atom is -0.439 e. The summed E-state index contributed by atoms with van der Waals surface area (Å²) >= 11 is 0. The predicted molar refractivity (Wildman–Crippen MR) is 111 cm³/mol. The van der Waals surface area contributed by atoms with Gasteiger partial charge in [-0.1, -0.05) is 42.5 Å². The monoisotopic (exact) mass is 375 g/mol. The van der Waals surface area contributed by atoms with Crippen LogP contribution in [0.15, 0.2) is 72.9 Å². The Labute approximate surface area is 165 Å². The molecule has 1 amide bonds. The standard InChI is InChI=1S/C23H25N3O2/c24-23(27)20-10-13-22(26-17-20)28-21-11-8-19(9-12-21)7-4-15-25-16-14-18-5-2-1-3-6-18/h1-3,5-6,8-13,17,25H,4,7,14-16H2,(H2,24,27). The number of ether oxygens (including phenoxy) is 1. The Hall–Kier alpha value is -3.18. The van der Waals surface area contributed by atoms with Gasteiger partial charge in [0.1, 0.15) is 5.75 Å². The fourth-order valence-electron chi connectivity index (χ4n) is 2.85. The highest BCUT2D eigenvalue weighted by Gasteiger charge is 2.03. The smallest absolute Gasteiger partial charge is 0.250 e. The van der Waals surface area contributed by atoms with E-state index in [9.17, 15) is 4.79 Å². The van der Waals surface area contributed by atoms with Gasteiger partial charge in [0, 0.05) is 12.3 Å². The molecule has 0 saturated heterocycles. The van der Waals surface area contributed by atoms with E-state index in [0.717, 1.165) is 32.4 Å². The Balaban J connectivity index is 1.36. The van der Waals surface area contributed by atoms with Gasteiger partial charge in [-0.25, -0.2) is 4.98 Å². The number of nitrogens with two attached hydrogens (primary N) is 1. The van der Waals surface area contributed by atoms with Crippen LogP contribution in [0.5, 0.6) is 11.6 Å². The maximum atomic E-state index is 11.1. The van der Waals surface area contributed by atoms with Gasteiger partial charge in [-0.05, 0) is 61.7 Å². The molecule has 1 aromatic heterocycles. The number of hydrogen-bond donors (Lipinski definition) is 2. The van der Waals surface area contributed by atoms with Gasteiger partial charge >= 0.3 is 0 Å². The Morgan fingerprint density at radius 1 is 0.893 bits per heavy atom. The van der Waals surface area contributed by atoms with Gasteiger partial charge in [0.25, 0.3) is 0 Å². The zero-order valence-electron chi connectivity index (χ0n) is 15.8. The summed E-state index contributed by atoms with van der Waals surface area (Å²) in [5.41, 5.74) is 8.20. The highest BCUT2D eigenvalue weighted by molar-refractivity contribution is 5.92.